The van der Waals surface area contributed by atoms with Crippen LogP contribution in [0.4, 0.5) is 5.82 Å². The van der Waals surface area contributed by atoms with E-state index in [9.17, 15) is 4.79 Å². The number of nitrogens with zero attached hydrogens (tertiary/aromatic N) is 2. The molecule has 0 radical (unpaired) electrons. The van der Waals surface area contributed by atoms with Gasteiger partial charge in [-0.15, -0.1) is 0 Å². The van der Waals surface area contributed by atoms with Crippen molar-refractivity contribution in [2.75, 3.05) is 5.73 Å². The molecule has 0 aliphatic heterocycles. The molecule has 3 rings (SSSR count). The molecule has 4 nitrogen and oxygen atoms in total. The fraction of sp³-hybridized carbons (Fsp3) is 0.529. The molecule has 0 unspecified atom stereocenters. The van der Waals surface area contributed by atoms with Gasteiger partial charge in [0.25, 0.3) is 0 Å². The van der Waals surface area contributed by atoms with Gasteiger partial charge in [0.15, 0.2) is 0 Å². The Morgan fingerprint density at radius 1 is 1.33 bits per heavy atom. The summed E-state index contributed by atoms with van der Waals surface area (Å²) in [6, 6.07) is 1.82. The van der Waals surface area contributed by atoms with E-state index in [0.717, 1.165) is 19.3 Å². The van der Waals surface area contributed by atoms with Gasteiger partial charge in [0.2, 0.25) is 0 Å². The average molecular weight is 285 g/mol. The maximum Gasteiger partial charge on any atom is 0.350 e. The van der Waals surface area contributed by atoms with Crippen molar-refractivity contribution in [3.8, 4) is 0 Å². The molecule has 1 aromatic heterocycles. The van der Waals surface area contributed by atoms with Gasteiger partial charge in [-0.2, -0.15) is 4.98 Å². The zero-order valence-electron chi connectivity index (χ0n) is 13.0. The fourth-order valence-electron chi connectivity index (χ4n) is 3.66. The molecule has 2 aliphatic rings. The number of aromatic nitrogens is 2. The molecule has 1 heterocycles. The van der Waals surface area contributed by atoms with Gasteiger partial charge in [-0.25, -0.2) is 4.79 Å². The van der Waals surface area contributed by atoms with Crippen molar-refractivity contribution in [2.45, 2.75) is 46.1 Å². The van der Waals surface area contributed by atoms with Gasteiger partial charge in [0, 0.05) is 6.20 Å². The summed E-state index contributed by atoms with van der Waals surface area (Å²) in [5.74, 6) is 0.824. The summed E-state index contributed by atoms with van der Waals surface area (Å²) in [6.45, 7) is 6.82. The number of nitrogens with two attached hydrogens (primary N) is 1. The molecule has 4 heteroatoms. The first-order valence-corrected chi connectivity index (χ1v) is 7.60. The van der Waals surface area contributed by atoms with E-state index < -0.39 is 0 Å². The van der Waals surface area contributed by atoms with E-state index in [1.165, 1.54) is 11.1 Å². The molecule has 0 amide bonds. The number of rotatable bonds is 2. The van der Waals surface area contributed by atoms with Gasteiger partial charge in [-0.3, -0.25) is 4.57 Å². The van der Waals surface area contributed by atoms with Crippen LogP contribution >= 0.6 is 0 Å². The lowest BCUT2D eigenvalue weighted by Crippen LogP contribution is -2.27. The van der Waals surface area contributed by atoms with E-state index in [2.05, 4.69) is 37.9 Å². The summed E-state index contributed by atoms with van der Waals surface area (Å²) in [7, 11) is 0. The third kappa shape index (κ3) is 2.67. The highest BCUT2D eigenvalue weighted by atomic mass is 16.1. The minimum Gasteiger partial charge on any atom is -0.383 e. The summed E-state index contributed by atoms with van der Waals surface area (Å²) in [4.78, 5) is 16.0. The zero-order chi connectivity index (χ0) is 15.2. The van der Waals surface area contributed by atoms with Crippen LogP contribution < -0.4 is 11.4 Å². The minimum atomic E-state index is -0.247. The predicted octanol–water partition coefficient (Wildman–Crippen LogP) is 3.08. The molecule has 0 aromatic carbocycles. The largest absolute Gasteiger partial charge is 0.383 e. The van der Waals surface area contributed by atoms with Gasteiger partial charge >= 0.3 is 5.69 Å². The number of allylic oxidation sites excluding steroid dienone is 4. The van der Waals surface area contributed by atoms with Crippen LogP contribution in [-0.2, 0) is 0 Å². The molecular weight excluding hydrogens is 262 g/mol. The second kappa shape index (κ2) is 4.86. The van der Waals surface area contributed by atoms with Gasteiger partial charge in [-0.1, -0.05) is 32.9 Å². The van der Waals surface area contributed by atoms with E-state index in [4.69, 9.17) is 5.73 Å². The first kappa shape index (κ1) is 14.1. The van der Waals surface area contributed by atoms with Crippen molar-refractivity contribution in [3.63, 3.8) is 0 Å². The maximum atomic E-state index is 12.1. The topological polar surface area (TPSA) is 60.9 Å². The Kier molecular flexibility index (Phi) is 3.27. The molecule has 21 heavy (non-hydrogen) atoms. The summed E-state index contributed by atoms with van der Waals surface area (Å²) >= 11 is 0. The number of hydrogen-bond acceptors (Lipinski definition) is 3. The van der Waals surface area contributed by atoms with Crippen molar-refractivity contribution >= 4 is 5.82 Å². The summed E-state index contributed by atoms with van der Waals surface area (Å²) in [5, 5.41) is 0. The quantitative estimate of drug-likeness (QED) is 0.908. The monoisotopic (exact) mass is 285 g/mol. The molecule has 0 saturated heterocycles. The highest BCUT2D eigenvalue weighted by Gasteiger charge is 2.38. The highest BCUT2D eigenvalue weighted by Crippen LogP contribution is 2.49. The van der Waals surface area contributed by atoms with Crippen LogP contribution in [0.15, 0.2) is 40.4 Å². The number of hydrogen-bond donors (Lipinski definition) is 1. The van der Waals surface area contributed by atoms with Crippen LogP contribution in [0.2, 0.25) is 0 Å². The van der Waals surface area contributed by atoms with E-state index in [1.54, 1.807) is 16.8 Å². The Hall–Kier alpha value is -1.84. The lowest BCUT2D eigenvalue weighted by molar-refractivity contribution is 0.309. The smallest absolute Gasteiger partial charge is 0.350 e. The van der Waals surface area contributed by atoms with Crippen molar-refractivity contribution in [1.29, 1.82) is 0 Å². The standard InChI is InChI=1S/C17H23N3O/c1-17(2,3)10-11-9-14(13-6-4-5-12(11)13)20-8-7-15(18)19-16(20)21/h5-8,11,14H,4,9-10H2,1-3H3,(H2,18,19,21)/t11-,14-/m0/s1. The Balaban J connectivity index is 1.95. The van der Waals surface area contributed by atoms with Crippen molar-refractivity contribution < 1.29 is 0 Å². The fourth-order valence-corrected chi connectivity index (χ4v) is 3.66. The van der Waals surface area contributed by atoms with Gasteiger partial charge in [0.1, 0.15) is 5.82 Å². The number of anilines is 1. The van der Waals surface area contributed by atoms with Gasteiger partial charge in [-0.05, 0) is 47.8 Å². The Morgan fingerprint density at radius 2 is 2.05 bits per heavy atom. The second-order valence-corrected chi connectivity index (χ2v) is 7.31. The van der Waals surface area contributed by atoms with E-state index >= 15 is 0 Å². The van der Waals surface area contributed by atoms with Crippen molar-refractivity contribution in [3.05, 3.63) is 46.0 Å². The highest BCUT2D eigenvalue weighted by molar-refractivity contribution is 5.46. The Labute approximate surface area is 125 Å². The normalized spacial score (nSPS) is 24.7. The molecule has 2 aliphatic carbocycles. The van der Waals surface area contributed by atoms with Crippen molar-refractivity contribution in [1.82, 2.24) is 9.55 Å². The van der Waals surface area contributed by atoms with Crippen LogP contribution in [0, 0.1) is 11.3 Å². The summed E-state index contributed by atoms with van der Waals surface area (Å²) < 4.78 is 1.74. The predicted molar refractivity (Wildman–Crippen MR) is 84.9 cm³/mol. The molecule has 2 atom stereocenters. The SMILES string of the molecule is CC(C)(C)C[C@@H]1C[C@H](n2ccc(N)nc2=O)C2=CCC=C21. The first-order chi connectivity index (χ1) is 9.85. The molecule has 1 saturated carbocycles. The van der Waals surface area contributed by atoms with Crippen LogP contribution in [0.25, 0.3) is 0 Å². The number of nitrogen functional groups attached to an aromatic ring is 1. The number of fused-ring (bicyclic) bond motifs is 1. The van der Waals surface area contributed by atoms with Crippen LogP contribution in [0.1, 0.15) is 46.1 Å². The molecule has 1 fully saturated rings. The average Bonchev–Trinajstić information content (AvgIpc) is 2.92. The second-order valence-electron chi connectivity index (χ2n) is 7.31. The molecule has 2 N–H and O–H groups in total. The van der Waals surface area contributed by atoms with Crippen LogP contribution in [-0.4, -0.2) is 9.55 Å². The summed E-state index contributed by atoms with van der Waals surface area (Å²) in [5.41, 5.74) is 8.40. The van der Waals surface area contributed by atoms with Gasteiger partial charge in [0.05, 0.1) is 6.04 Å². The van der Waals surface area contributed by atoms with Crippen LogP contribution in [0.5, 0.6) is 0 Å². The third-order valence-corrected chi connectivity index (χ3v) is 4.36. The van der Waals surface area contributed by atoms with E-state index in [1.807, 2.05) is 0 Å². The minimum absolute atomic E-state index is 0.117. The zero-order valence-corrected chi connectivity index (χ0v) is 13.0. The van der Waals surface area contributed by atoms with Gasteiger partial charge < -0.3 is 5.73 Å². The lowest BCUT2D eigenvalue weighted by atomic mass is 9.82. The molecule has 0 spiro atoms. The molecule has 0 bridgehead atoms. The van der Waals surface area contributed by atoms with Crippen LogP contribution in [0.3, 0.4) is 0 Å². The Bertz CT molecular complexity index is 676. The first-order valence-electron chi connectivity index (χ1n) is 7.60. The lowest BCUT2D eigenvalue weighted by Gasteiger charge is -2.23. The molecular formula is C17H23N3O. The maximum absolute atomic E-state index is 12.1. The van der Waals surface area contributed by atoms with E-state index in [-0.39, 0.29) is 17.5 Å². The summed E-state index contributed by atoms with van der Waals surface area (Å²) in [6.07, 6.45) is 9.47. The van der Waals surface area contributed by atoms with E-state index in [0.29, 0.717) is 11.3 Å². The Morgan fingerprint density at radius 3 is 2.71 bits per heavy atom. The third-order valence-electron chi connectivity index (χ3n) is 4.36. The molecule has 112 valence electrons. The van der Waals surface area contributed by atoms with Crippen molar-refractivity contribution in [2.24, 2.45) is 11.3 Å². The molecule has 1 aromatic rings.